The van der Waals surface area contributed by atoms with Gasteiger partial charge in [0.1, 0.15) is 5.60 Å². The Morgan fingerprint density at radius 3 is 2.67 bits per heavy atom. The Balaban J connectivity index is 2.31. The lowest BCUT2D eigenvalue weighted by Gasteiger charge is -2.41. The zero-order chi connectivity index (χ0) is 11.1. The van der Waals surface area contributed by atoms with Crippen LogP contribution in [0.2, 0.25) is 0 Å². The molecule has 0 saturated heterocycles. The van der Waals surface area contributed by atoms with Gasteiger partial charge in [-0.1, -0.05) is 13.8 Å². The highest BCUT2D eigenvalue weighted by atomic mass is 79.9. The summed E-state index contributed by atoms with van der Waals surface area (Å²) >= 11 is 5.18. The third kappa shape index (κ3) is 2.29. The standard InChI is InChI=1S/C12H17BrOS/c1-11(2)5-3-6-12(14,8-11)10-9(13)4-7-15-10/h4,7,14H,3,5-6,8H2,1-2H3. The van der Waals surface area contributed by atoms with Crippen LogP contribution >= 0.6 is 27.3 Å². The van der Waals surface area contributed by atoms with Crippen molar-refractivity contribution in [3.63, 3.8) is 0 Å². The first-order chi connectivity index (χ1) is 6.93. The van der Waals surface area contributed by atoms with E-state index in [4.69, 9.17) is 0 Å². The lowest BCUT2D eigenvalue weighted by atomic mass is 9.69. The molecule has 84 valence electrons. The first-order valence-electron chi connectivity index (χ1n) is 5.39. The molecule has 1 fully saturated rings. The number of halogens is 1. The van der Waals surface area contributed by atoms with Gasteiger partial charge in [-0.2, -0.15) is 0 Å². The van der Waals surface area contributed by atoms with Crippen LogP contribution in [0.4, 0.5) is 0 Å². The predicted octanol–water partition coefficient (Wildman–Crippen LogP) is 4.30. The first kappa shape index (κ1) is 11.6. The molecule has 3 heteroatoms. The number of thiophene rings is 1. The van der Waals surface area contributed by atoms with E-state index < -0.39 is 5.60 Å². The minimum atomic E-state index is -0.602. The average molecular weight is 289 g/mol. The van der Waals surface area contributed by atoms with Crippen molar-refractivity contribution in [1.82, 2.24) is 0 Å². The average Bonchev–Trinajstić information content (AvgIpc) is 2.49. The minimum absolute atomic E-state index is 0.260. The Hall–Kier alpha value is 0.140. The summed E-state index contributed by atoms with van der Waals surface area (Å²) in [7, 11) is 0. The van der Waals surface area contributed by atoms with Gasteiger partial charge in [0.05, 0.1) is 4.88 Å². The molecule has 1 N–H and O–H groups in total. The molecule has 1 unspecified atom stereocenters. The topological polar surface area (TPSA) is 20.2 Å². The molecule has 0 bridgehead atoms. The molecule has 1 aliphatic rings. The Bertz CT molecular complexity index is 358. The van der Waals surface area contributed by atoms with Crippen LogP contribution in [0, 0.1) is 5.41 Å². The quantitative estimate of drug-likeness (QED) is 0.817. The monoisotopic (exact) mass is 288 g/mol. The van der Waals surface area contributed by atoms with Gasteiger partial charge in [0.25, 0.3) is 0 Å². The van der Waals surface area contributed by atoms with Crippen LogP contribution in [0.5, 0.6) is 0 Å². The van der Waals surface area contributed by atoms with Crippen LogP contribution in [0.3, 0.4) is 0 Å². The van der Waals surface area contributed by atoms with Crippen molar-refractivity contribution in [2.24, 2.45) is 5.41 Å². The summed E-state index contributed by atoms with van der Waals surface area (Å²) in [5.74, 6) is 0. The first-order valence-corrected chi connectivity index (χ1v) is 7.06. The predicted molar refractivity (Wildman–Crippen MR) is 68.2 cm³/mol. The molecule has 0 spiro atoms. The molecule has 1 saturated carbocycles. The maximum Gasteiger partial charge on any atom is 0.100 e. The second-order valence-corrected chi connectivity index (χ2v) is 7.09. The van der Waals surface area contributed by atoms with E-state index in [0.29, 0.717) is 0 Å². The van der Waals surface area contributed by atoms with Crippen molar-refractivity contribution in [1.29, 1.82) is 0 Å². The molecule has 2 rings (SSSR count). The lowest BCUT2D eigenvalue weighted by Crippen LogP contribution is -2.36. The molecule has 1 heterocycles. The summed E-state index contributed by atoms with van der Waals surface area (Å²) < 4.78 is 1.06. The molecule has 1 nitrogen and oxygen atoms in total. The number of hydrogen-bond donors (Lipinski definition) is 1. The highest BCUT2D eigenvalue weighted by Gasteiger charge is 2.41. The Morgan fingerprint density at radius 2 is 2.13 bits per heavy atom. The second-order valence-electron chi connectivity index (χ2n) is 5.32. The number of hydrogen-bond acceptors (Lipinski definition) is 2. The highest BCUT2D eigenvalue weighted by molar-refractivity contribution is 9.10. The molecular formula is C12H17BrOS. The molecule has 1 aromatic rings. The van der Waals surface area contributed by atoms with Crippen molar-refractivity contribution < 1.29 is 5.11 Å². The Labute approximate surface area is 104 Å². The fraction of sp³-hybridized carbons (Fsp3) is 0.667. The molecule has 0 aliphatic heterocycles. The van der Waals surface area contributed by atoms with E-state index in [2.05, 4.69) is 29.8 Å². The van der Waals surface area contributed by atoms with E-state index in [0.717, 1.165) is 28.6 Å². The molecule has 1 aromatic heterocycles. The fourth-order valence-corrected chi connectivity index (χ4v) is 4.52. The van der Waals surface area contributed by atoms with E-state index >= 15 is 0 Å². The Kier molecular flexibility index (Phi) is 2.99. The molecule has 0 amide bonds. The van der Waals surface area contributed by atoms with Crippen LogP contribution < -0.4 is 0 Å². The zero-order valence-corrected chi connectivity index (χ0v) is 11.6. The summed E-state index contributed by atoms with van der Waals surface area (Å²) in [6.07, 6.45) is 4.11. The van der Waals surface area contributed by atoms with E-state index in [1.165, 1.54) is 6.42 Å². The molecule has 0 radical (unpaired) electrons. The van der Waals surface area contributed by atoms with Gasteiger partial charge in [-0.3, -0.25) is 0 Å². The second kappa shape index (κ2) is 3.86. The fourth-order valence-electron chi connectivity index (χ4n) is 2.65. The largest absolute Gasteiger partial charge is 0.384 e. The smallest absolute Gasteiger partial charge is 0.100 e. The lowest BCUT2D eigenvalue weighted by molar-refractivity contribution is -0.0416. The highest BCUT2D eigenvalue weighted by Crippen LogP contribution is 2.49. The van der Waals surface area contributed by atoms with Gasteiger partial charge in [-0.15, -0.1) is 11.3 Å². The third-order valence-electron chi connectivity index (χ3n) is 3.25. The van der Waals surface area contributed by atoms with Gasteiger partial charge >= 0.3 is 0 Å². The van der Waals surface area contributed by atoms with Crippen LogP contribution in [-0.4, -0.2) is 5.11 Å². The zero-order valence-electron chi connectivity index (χ0n) is 9.22. The van der Waals surface area contributed by atoms with Gasteiger partial charge in [-0.25, -0.2) is 0 Å². The maximum atomic E-state index is 10.7. The van der Waals surface area contributed by atoms with Gasteiger partial charge in [0.15, 0.2) is 0 Å². The number of aliphatic hydroxyl groups is 1. The van der Waals surface area contributed by atoms with Gasteiger partial charge in [0.2, 0.25) is 0 Å². The van der Waals surface area contributed by atoms with E-state index in [9.17, 15) is 5.11 Å². The summed E-state index contributed by atoms with van der Waals surface area (Å²) in [5, 5.41) is 12.8. The summed E-state index contributed by atoms with van der Waals surface area (Å²) in [4.78, 5) is 1.11. The summed E-state index contributed by atoms with van der Waals surface area (Å²) in [5.41, 5.74) is -0.342. The van der Waals surface area contributed by atoms with Gasteiger partial charge in [0, 0.05) is 4.47 Å². The molecule has 0 aromatic carbocycles. The van der Waals surface area contributed by atoms with Crippen molar-refractivity contribution in [3.05, 3.63) is 20.8 Å². The molecule has 1 atom stereocenters. The van der Waals surface area contributed by atoms with Crippen molar-refractivity contribution in [2.45, 2.75) is 45.1 Å². The summed E-state index contributed by atoms with van der Waals surface area (Å²) in [6, 6.07) is 2.03. The van der Waals surface area contributed by atoms with Crippen molar-refractivity contribution >= 4 is 27.3 Å². The molecule has 15 heavy (non-hydrogen) atoms. The van der Waals surface area contributed by atoms with Crippen LogP contribution in [0.15, 0.2) is 15.9 Å². The normalized spacial score (nSPS) is 30.4. The minimum Gasteiger partial charge on any atom is -0.384 e. The van der Waals surface area contributed by atoms with Crippen molar-refractivity contribution in [3.8, 4) is 0 Å². The number of rotatable bonds is 1. The van der Waals surface area contributed by atoms with Crippen LogP contribution in [-0.2, 0) is 5.60 Å². The summed E-state index contributed by atoms with van der Waals surface area (Å²) in [6.45, 7) is 4.50. The van der Waals surface area contributed by atoms with Crippen molar-refractivity contribution in [2.75, 3.05) is 0 Å². The van der Waals surface area contributed by atoms with Crippen LogP contribution in [0.25, 0.3) is 0 Å². The van der Waals surface area contributed by atoms with E-state index in [1.54, 1.807) is 11.3 Å². The molecular weight excluding hydrogens is 272 g/mol. The van der Waals surface area contributed by atoms with Gasteiger partial charge < -0.3 is 5.11 Å². The molecule has 1 aliphatic carbocycles. The third-order valence-corrected chi connectivity index (χ3v) is 5.29. The van der Waals surface area contributed by atoms with E-state index in [1.807, 2.05) is 11.4 Å². The SMILES string of the molecule is CC1(C)CCCC(O)(c2sccc2Br)C1. The maximum absolute atomic E-state index is 10.7. The van der Waals surface area contributed by atoms with Gasteiger partial charge in [-0.05, 0) is 58.5 Å². The van der Waals surface area contributed by atoms with E-state index in [-0.39, 0.29) is 5.41 Å². The Morgan fingerprint density at radius 1 is 1.40 bits per heavy atom. The van der Waals surface area contributed by atoms with Crippen LogP contribution in [0.1, 0.15) is 44.4 Å².